The second kappa shape index (κ2) is 8.20. The molecule has 1 aliphatic rings. The first-order chi connectivity index (χ1) is 13.4. The number of hydrogen-bond acceptors (Lipinski definition) is 5. The fourth-order valence-corrected chi connectivity index (χ4v) is 4.97. The Balaban J connectivity index is 1.87. The van der Waals surface area contributed by atoms with E-state index in [0.29, 0.717) is 36.6 Å². The number of nitrogens with one attached hydrogen (secondary N) is 1. The summed E-state index contributed by atoms with van der Waals surface area (Å²) in [6.45, 7) is 2.19. The van der Waals surface area contributed by atoms with Crippen molar-refractivity contribution < 1.29 is 22.7 Å². The van der Waals surface area contributed by atoms with Crippen LogP contribution in [0.3, 0.4) is 0 Å². The molecular formula is C20H24N2O5S. The predicted molar refractivity (Wildman–Crippen MR) is 106 cm³/mol. The van der Waals surface area contributed by atoms with E-state index in [2.05, 4.69) is 5.32 Å². The van der Waals surface area contributed by atoms with Gasteiger partial charge in [-0.05, 0) is 44.0 Å². The molecular weight excluding hydrogens is 380 g/mol. The van der Waals surface area contributed by atoms with E-state index in [9.17, 15) is 13.2 Å². The summed E-state index contributed by atoms with van der Waals surface area (Å²) in [5.41, 5.74) is 1.36. The number of anilines is 1. The Morgan fingerprint density at radius 2 is 1.68 bits per heavy atom. The monoisotopic (exact) mass is 404 g/mol. The van der Waals surface area contributed by atoms with Crippen molar-refractivity contribution in [2.45, 2.75) is 30.7 Å². The van der Waals surface area contributed by atoms with Crippen molar-refractivity contribution in [3.8, 4) is 11.5 Å². The van der Waals surface area contributed by atoms with Crippen LogP contribution in [0.5, 0.6) is 11.5 Å². The molecule has 2 aromatic carbocycles. The van der Waals surface area contributed by atoms with Gasteiger partial charge in [0.05, 0.1) is 19.1 Å². The van der Waals surface area contributed by atoms with Gasteiger partial charge < -0.3 is 14.8 Å². The molecule has 1 aliphatic heterocycles. The number of benzene rings is 2. The standard InChI is InChI=1S/C20H24N2O5S/c1-14-9-11-15(12-10-14)28(24,25)22-13-5-6-16(22)20(23)21-19-17(26-2)7-4-8-18(19)27-3/h4,7-12,16H,5-6,13H2,1-3H3,(H,21,23)/t16-/m1/s1. The minimum atomic E-state index is -3.76. The molecule has 0 radical (unpaired) electrons. The largest absolute Gasteiger partial charge is 0.494 e. The van der Waals surface area contributed by atoms with Crippen LogP contribution >= 0.6 is 0 Å². The molecule has 1 amide bonds. The third kappa shape index (κ3) is 3.83. The third-order valence-corrected chi connectivity index (χ3v) is 6.73. The average molecular weight is 404 g/mol. The summed E-state index contributed by atoms with van der Waals surface area (Å²) in [7, 11) is -0.775. The number of aryl methyl sites for hydroxylation is 1. The van der Waals surface area contributed by atoms with Gasteiger partial charge in [0, 0.05) is 6.54 Å². The highest BCUT2D eigenvalue weighted by molar-refractivity contribution is 7.89. The summed E-state index contributed by atoms with van der Waals surface area (Å²) in [4.78, 5) is 13.2. The topological polar surface area (TPSA) is 84.9 Å². The van der Waals surface area contributed by atoms with E-state index in [4.69, 9.17) is 9.47 Å². The summed E-state index contributed by atoms with van der Waals surface area (Å²) >= 11 is 0. The van der Waals surface area contributed by atoms with Crippen LogP contribution in [0.25, 0.3) is 0 Å². The number of hydrogen-bond donors (Lipinski definition) is 1. The van der Waals surface area contributed by atoms with Crippen molar-refractivity contribution in [2.75, 3.05) is 26.1 Å². The molecule has 1 fully saturated rings. The third-order valence-electron chi connectivity index (χ3n) is 4.81. The zero-order valence-electron chi connectivity index (χ0n) is 16.1. The molecule has 0 bridgehead atoms. The van der Waals surface area contributed by atoms with Gasteiger partial charge >= 0.3 is 0 Å². The second-order valence-corrected chi connectivity index (χ2v) is 8.50. The van der Waals surface area contributed by atoms with Gasteiger partial charge in [0.15, 0.2) is 0 Å². The molecule has 150 valence electrons. The lowest BCUT2D eigenvalue weighted by molar-refractivity contribution is -0.119. The van der Waals surface area contributed by atoms with Crippen molar-refractivity contribution in [3.63, 3.8) is 0 Å². The molecule has 28 heavy (non-hydrogen) atoms. The first-order valence-corrected chi connectivity index (χ1v) is 10.4. The first kappa shape index (κ1) is 20.2. The Morgan fingerprint density at radius 1 is 1.07 bits per heavy atom. The number of sulfonamides is 1. The maximum absolute atomic E-state index is 13.1. The Bertz CT molecular complexity index is 935. The molecule has 3 rings (SSSR count). The van der Waals surface area contributed by atoms with E-state index in [1.54, 1.807) is 42.5 Å². The van der Waals surface area contributed by atoms with Gasteiger partial charge in [-0.2, -0.15) is 4.31 Å². The molecule has 1 atom stereocenters. The lowest BCUT2D eigenvalue weighted by atomic mass is 10.2. The lowest BCUT2D eigenvalue weighted by Crippen LogP contribution is -2.43. The number of amides is 1. The highest BCUT2D eigenvalue weighted by Crippen LogP contribution is 2.35. The number of rotatable bonds is 6. The van der Waals surface area contributed by atoms with Crippen LogP contribution < -0.4 is 14.8 Å². The van der Waals surface area contributed by atoms with E-state index < -0.39 is 22.0 Å². The predicted octanol–water partition coefficient (Wildman–Crippen LogP) is 2.80. The van der Waals surface area contributed by atoms with Gasteiger partial charge in [-0.15, -0.1) is 0 Å². The van der Waals surface area contributed by atoms with E-state index in [-0.39, 0.29) is 4.90 Å². The van der Waals surface area contributed by atoms with E-state index in [1.165, 1.54) is 18.5 Å². The summed E-state index contributed by atoms with van der Waals surface area (Å²) in [5.74, 6) is 0.480. The molecule has 1 saturated heterocycles. The second-order valence-electron chi connectivity index (χ2n) is 6.61. The Hall–Kier alpha value is -2.58. The van der Waals surface area contributed by atoms with Crippen molar-refractivity contribution >= 4 is 21.6 Å². The fraction of sp³-hybridized carbons (Fsp3) is 0.350. The normalized spacial score (nSPS) is 17.3. The smallest absolute Gasteiger partial charge is 0.243 e. The minimum absolute atomic E-state index is 0.188. The van der Waals surface area contributed by atoms with Crippen LogP contribution in [-0.4, -0.2) is 45.4 Å². The first-order valence-electron chi connectivity index (χ1n) is 8.99. The van der Waals surface area contributed by atoms with Crippen LogP contribution in [-0.2, 0) is 14.8 Å². The quantitative estimate of drug-likeness (QED) is 0.800. The Labute approximate surface area is 165 Å². The Morgan fingerprint density at radius 3 is 2.25 bits per heavy atom. The molecule has 0 aliphatic carbocycles. The molecule has 8 heteroatoms. The number of nitrogens with zero attached hydrogens (tertiary/aromatic N) is 1. The highest BCUT2D eigenvalue weighted by Gasteiger charge is 2.39. The zero-order chi connectivity index (χ0) is 20.3. The summed E-state index contributed by atoms with van der Waals surface area (Å²) in [6, 6.07) is 11.0. The average Bonchev–Trinajstić information content (AvgIpc) is 3.19. The van der Waals surface area contributed by atoms with Gasteiger partial charge in [-0.25, -0.2) is 8.42 Å². The summed E-state index contributed by atoms with van der Waals surface area (Å²) in [6.07, 6.45) is 1.07. The summed E-state index contributed by atoms with van der Waals surface area (Å²) < 4.78 is 38.0. The molecule has 0 saturated carbocycles. The maximum Gasteiger partial charge on any atom is 0.243 e. The molecule has 2 aromatic rings. The van der Waals surface area contributed by atoms with Crippen molar-refractivity contribution in [2.24, 2.45) is 0 Å². The van der Waals surface area contributed by atoms with Gasteiger partial charge in [0.2, 0.25) is 15.9 Å². The summed E-state index contributed by atoms with van der Waals surface area (Å²) in [5, 5.41) is 2.79. The van der Waals surface area contributed by atoms with Gasteiger partial charge in [0.1, 0.15) is 23.2 Å². The van der Waals surface area contributed by atoms with Gasteiger partial charge in [-0.3, -0.25) is 4.79 Å². The number of carbonyl (C=O) groups is 1. The fourth-order valence-electron chi connectivity index (χ4n) is 3.32. The van der Waals surface area contributed by atoms with E-state index >= 15 is 0 Å². The molecule has 1 N–H and O–H groups in total. The molecule has 0 aromatic heterocycles. The number of methoxy groups -OCH3 is 2. The van der Waals surface area contributed by atoms with Crippen molar-refractivity contribution in [1.82, 2.24) is 4.31 Å². The van der Waals surface area contributed by atoms with E-state index in [0.717, 1.165) is 5.56 Å². The molecule has 1 heterocycles. The lowest BCUT2D eigenvalue weighted by Gasteiger charge is -2.24. The number of para-hydroxylation sites is 1. The van der Waals surface area contributed by atoms with E-state index in [1.807, 2.05) is 6.92 Å². The van der Waals surface area contributed by atoms with Crippen molar-refractivity contribution in [1.29, 1.82) is 0 Å². The number of ether oxygens (including phenoxy) is 2. The zero-order valence-corrected chi connectivity index (χ0v) is 17.0. The van der Waals surface area contributed by atoms with Crippen LogP contribution in [0, 0.1) is 6.92 Å². The van der Waals surface area contributed by atoms with Crippen LogP contribution in [0.4, 0.5) is 5.69 Å². The maximum atomic E-state index is 13.1. The van der Waals surface area contributed by atoms with Gasteiger partial charge in [0.25, 0.3) is 0 Å². The highest BCUT2D eigenvalue weighted by atomic mass is 32.2. The van der Waals surface area contributed by atoms with Crippen molar-refractivity contribution in [3.05, 3.63) is 48.0 Å². The minimum Gasteiger partial charge on any atom is -0.494 e. The number of carbonyl (C=O) groups excluding carboxylic acids is 1. The van der Waals surface area contributed by atoms with Crippen LogP contribution in [0.2, 0.25) is 0 Å². The molecule has 0 unspecified atom stereocenters. The van der Waals surface area contributed by atoms with Crippen LogP contribution in [0.1, 0.15) is 18.4 Å². The Kier molecular flexibility index (Phi) is 5.90. The van der Waals surface area contributed by atoms with Crippen LogP contribution in [0.15, 0.2) is 47.4 Å². The molecule has 7 nitrogen and oxygen atoms in total. The molecule has 0 spiro atoms. The van der Waals surface area contributed by atoms with Gasteiger partial charge in [-0.1, -0.05) is 23.8 Å². The SMILES string of the molecule is COc1cccc(OC)c1NC(=O)[C@H]1CCCN1S(=O)(=O)c1ccc(C)cc1.